The molecule has 0 aliphatic heterocycles. The second-order valence-corrected chi connectivity index (χ2v) is 4.59. The summed E-state index contributed by atoms with van der Waals surface area (Å²) in [6.07, 6.45) is -0.964. The van der Waals surface area contributed by atoms with Gasteiger partial charge < -0.3 is 25.4 Å². The van der Waals surface area contributed by atoms with Gasteiger partial charge in [-0.3, -0.25) is 4.79 Å². The Balaban J connectivity index is 2.68. The van der Waals surface area contributed by atoms with Gasteiger partial charge in [0.25, 0.3) is 0 Å². The first-order valence-electron chi connectivity index (χ1n) is 6.43. The lowest BCUT2D eigenvalue weighted by molar-refractivity contribution is -0.151. The van der Waals surface area contributed by atoms with E-state index in [0.29, 0.717) is 0 Å². The van der Waals surface area contributed by atoms with E-state index < -0.39 is 30.6 Å². The molecule has 0 saturated heterocycles. The quantitative estimate of drug-likeness (QED) is 0.496. The lowest BCUT2D eigenvalue weighted by Crippen LogP contribution is -2.43. The molecule has 2 atom stereocenters. The van der Waals surface area contributed by atoms with E-state index in [9.17, 15) is 14.7 Å². The number of amides is 1. The number of phenols is 1. The van der Waals surface area contributed by atoms with E-state index in [1.165, 1.54) is 19.1 Å². The smallest absolute Gasteiger partial charge is 0.329 e. The van der Waals surface area contributed by atoms with Crippen LogP contribution in [0.5, 0.6) is 5.75 Å². The molecule has 21 heavy (non-hydrogen) atoms. The van der Waals surface area contributed by atoms with Crippen molar-refractivity contribution in [3.05, 3.63) is 29.8 Å². The van der Waals surface area contributed by atoms with Crippen molar-refractivity contribution in [1.29, 1.82) is 0 Å². The van der Waals surface area contributed by atoms with E-state index in [0.717, 1.165) is 5.56 Å². The van der Waals surface area contributed by atoms with Gasteiger partial charge in [-0.25, -0.2) is 4.79 Å². The number of hydrogen-bond donors (Lipinski definition) is 4. The van der Waals surface area contributed by atoms with Crippen molar-refractivity contribution in [3.63, 3.8) is 0 Å². The molecule has 0 fully saturated rings. The van der Waals surface area contributed by atoms with Crippen LogP contribution in [-0.4, -0.2) is 52.6 Å². The Hall–Kier alpha value is -2.12. The number of phenolic OH excluding ortho intramolecular Hbond substituents is 1. The zero-order chi connectivity index (χ0) is 15.8. The molecule has 1 aromatic carbocycles. The second-order valence-electron chi connectivity index (χ2n) is 4.59. The number of nitrogens with one attached hydrogen (secondary N) is 1. The minimum absolute atomic E-state index is 0.100. The van der Waals surface area contributed by atoms with Gasteiger partial charge in [-0.1, -0.05) is 12.1 Å². The molecule has 0 unspecified atom stereocenters. The van der Waals surface area contributed by atoms with Crippen molar-refractivity contribution in [2.45, 2.75) is 25.5 Å². The summed E-state index contributed by atoms with van der Waals surface area (Å²) < 4.78 is 4.84. The van der Waals surface area contributed by atoms with Crippen molar-refractivity contribution < 1.29 is 29.6 Å². The van der Waals surface area contributed by atoms with Gasteiger partial charge in [0.2, 0.25) is 5.91 Å². The van der Waals surface area contributed by atoms with Gasteiger partial charge in [-0.2, -0.15) is 0 Å². The van der Waals surface area contributed by atoms with Crippen molar-refractivity contribution >= 4 is 11.9 Å². The lowest BCUT2D eigenvalue weighted by Gasteiger charge is -2.18. The van der Waals surface area contributed by atoms with Crippen LogP contribution in [-0.2, 0) is 20.7 Å². The summed E-state index contributed by atoms with van der Waals surface area (Å²) in [6, 6.07) is 5.29. The number of carbonyl (C=O) groups excluding carboxylic acids is 2. The maximum Gasteiger partial charge on any atom is 0.329 e. The summed E-state index contributed by atoms with van der Waals surface area (Å²) in [4.78, 5) is 23.0. The zero-order valence-corrected chi connectivity index (χ0v) is 11.7. The van der Waals surface area contributed by atoms with Gasteiger partial charge in [0, 0.05) is 13.3 Å². The molecule has 116 valence electrons. The summed E-state index contributed by atoms with van der Waals surface area (Å²) in [5, 5.41) is 29.5. The molecule has 0 aliphatic carbocycles. The van der Waals surface area contributed by atoms with Crippen molar-refractivity contribution in [2.75, 3.05) is 13.2 Å². The Bertz CT molecular complexity index is 473. The molecule has 1 aromatic rings. The van der Waals surface area contributed by atoms with Crippen molar-refractivity contribution in [2.24, 2.45) is 0 Å². The fraction of sp³-hybridized carbons (Fsp3) is 0.429. The van der Waals surface area contributed by atoms with Crippen LogP contribution in [0.1, 0.15) is 12.5 Å². The minimum atomic E-state index is -1.15. The molecular formula is C14H19NO6. The van der Waals surface area contributed by atoms with E-state index >= 15 is 0 Å². The molecular weight excluding hydrogens is 278 g/mol. The summed E-state index contributed by atoms with van der Waals surface area (Å²) in [7, 11) is 0. The lowest BCUT2D eigenvalue weighted by atomic mass is 10.1. The molecule has 0 aromatic heterocycles. The van der Waals surface area contributed by atoms with E-state index in [1.807, 2.05) is 0 Å². The highest BCUT2D eigenvalue weighted by Gasteiger charge is 2.22. The highest BCUT2D eigenvalue weighted by atomic mass is 16.5. The molecule has 0 radical (unpaired) electrons. The molecule has 1 rings (SSSR count). The van der Waals surface area contributed by atoms with E-state index in [1.54, 1.807) is 12.1 Å². The van der Waals surface area contributed by atoms with Gasteiger partial charge in [-0.05, 0) is 17.7 Å². The van der Waals surface area contributed by atoms with Crippen LogP contribution in [0.3, 0.4) is 0 Å². The molecule has 1 amide bonds. The Kier molecular flexibility index (Phi) is 6.64. The number of aliphatic hydroxyl groups excluding tert-OH is 2. The first kappa shape index (κ1) is 16.9. The predicted octanol–water partition coefficient (Wildman–Crippen LogP) is -0.664. The maximum absolute atomic E-state index is 11.9. The maximum atomic E-state index is 11.9. The normalized spacial score (nSPS) is 13.3. The third-order valence-electron chi connectivity index (χ3n) is 2.67. The average molecular weight is 297 g/mol. The first-order chi connectivity index (χ1) is 9.92. The van der Waals surface area contributed by atoms with Crippen molar-refractivity contribution in [1.82, 2.24) is 5.32 Å². The van der Waals surface area contributed by atoms with Crippen LogP contribution in [0.15, 0.2) is 24.3 Å². The fourth-order valence-electron chi connectivity index (χ4n) is 1.64. The number of rotatable bonds is 7. The number of ether oxygens (including phenoxy) is 1. The van der Waals surface area contributed by atoms with Gasteiger partial charge in [0.1, 0.15) is 24.5 Å². The number of hydrogen-bond acceptors (Lipinski definition) is 6. The second kappa shape index (κ2) is 8.23. The van der Waals surface area contributed by atoms with E-state index in [2.05, 4.69) is 5.32 Å². The monoisotopic (exact) mass is 297 g/mol. The van der Waals surface area contributed by atoms with Gasteiger partial charge in [0.15, 0.2) is 0 Å². The van der Waals surface area contributed by atoms with E-state index in [-0.39, 0.29) is 18.8 Å². The number of esters is 1. The average Bonchev–Trinajstić information content (AvgIpc) is 2.45. The van der Waals surface area contributed by atoms with Crippen LogP contribution in [0.4, 0.5) is 0 Å². The van der Waals surface area contributed by atoms with Crippen LogP contribution >= 0.6 is 0 Å². The fourth-order valence-corrected chi connectivity index (χ4v) is 1.64. The van der Waals surface area contributed by atoms with Crippen LogP contribution in [0.2, 0.25) is 0 Å². The number of benzene rings is 1. The Morgan fingerprint density at radius 3 is 2.43 bits per heavy atom. The molecule has 0 heterocycles. The molecule has 0 bridgehead atoms. The molecule has 0 spiro atoms. The van der Waals surface area contributed by atoms with Gasteiger partial charge >= 0.3 is 5.97 Å². The van der Waals surface area contributed by atoms with E-state index in [4.69, 9.17) is 14.9 Å². The zero-order valence-electron chi connectivity index (χ0n) is 11.7. The highest BCUT2D eigenvalue weighted by molar-refractivity contribution is 5.83. The summed E-state index contributed by atoms with van der Waals surface area (Å²) in [5.41, 5.74) is 0.728. The number of aromatic hydroxyl groups is 1. The predicted molar refractivity (Wildman–Crippen MR) is 73.5 cm³/mol. The molecule has 4 N–H and O–H groups in total. The summed E-state index contributed by atoms with van der Waals surface area (Å²) in [6.45, 7) is 0.413. The Morgan fingerprint density at radius 2 is 1.90 bits per heavy atom. The third kappa shape index (κ3) is 6.24. The SMILES string of the molecule is CC(=O)N[C@@H](Cc1ccc(O)cc1)C(=O)OC[C@@H](O)CO. The number of aliphatic hydroxyl groups is 2. The van der Waals surface area contributed by atoms with Crippen LogP contribution in [0.25, 0.3) is 0 Å². The first-order valence-corrected chi connectivity index (χ1v) is 6.43. The molecule has 0 saturated carbocycles. The Labute approximate surface area is 122 Å². The standard InChI is InChI=1S/C14H19NO6/c1-9(17)15-13(14(20)21-8-12(19)7-16)6-10-2-4-11(18)5-3-10/h2-5,12-13,16,18-19H,6-8H2,1H3,(H,15,17)/t12-,13-/m0/s1. The largest absolute Gasteiger partial charge is 0.508 e. The molecule has 7 heteroatoms. The highest BCUT2D eigenvalue weighted by Crippen LogP contribution is 2.12. The van der Waals surface area contributed by atoms with Gasteiger partial charge in [0.05, 0.1) is 6.61 Å². The molecule has 0 aliphatic rings. The van der Waals surface area contributed by atoms with Crippen LogP contribution < -0.4 is 5.32 Å². The Morgan fingerprint density at radius 1 is 1.29 bits per heavy atom. The minimum Gasteiger partial charge on any atom is -0.508 e. The van der Waals surface area contributed by atoms with Gasteiger partial charge in [-0.15, -0.1) is 0 Å². The summed E-state index contributed by atoms with van der Waals surface area (Å²) >= 11 is 0. The summed E-state index contributed by atoms with van der Waals surface area (Å²) in [5.74, 6) is -0.993. The molecule has 7 nitrogen and oxygen atoms in total. The third-order valence-corrected chi connectivity index (χ3v) is 2.67. The van der Waals surface area contributed by atoms with Crippen molar-refractivity contribution in [3.8, 4) is 5.75 Å². The number of carbonyl (C=O) groups is 2. The topological polar surface area (TPSA) is 116 Å². The van der Waals surface area contributed by atoms with Crippen LogP contribution in [0, 0.1) is 0 Å².